The fraction of sp³-hybridized carbons (Fsp3) is 0.556. The number of likely N-dealkylation sites (tertiary alicyclic amines) is 1. The fourth-order valence-corrected chi connectivity index (χ4v) is 3.28. The molecular formula is C18H27N5. The third-order valence-electron chi connectivity index (χ3n) is 4.66. The second-order valence-electron chi connectivity index (χ2n) is 6.25. The number of aliphatic imine (C=N–C) groups is 1. The molecule has 1 aromatic rings. The first kappa shape index (κ1) is 16.0. The molecule has 1 N–H and O–H groups in total. The number of pyridine rings is 1. The van der Waals surface area contributed by atoms with Gasteiger partial charge in [0.25, 0.3) is 0 Å². The Labute approximate surface area is 139 Å². The van der Waals surface area contributed by atoms with Crippen LogP contribution in [0.1, 0.15) is 24.6 Å². The summed E-state index contributed by atoms with van der Waals surface area (Å²) >= 11 is 0. The summed E-state index contributed by atoms with van der Waals surface area (Å²) in [7, 11) is 0. The van der Waals surface area contributed by atoms with E-state index in [-0.39, 0.29) is 0 Å². The van der Waals surface area contributed by atoms with Gasteiger partial charge in [0.05, 0.1) is 12.2 Å². The highest BCUT2D eigenvalue weighted by Crippen LogP contribution is 2.18. The summed E-state index contributed by atoms with van der Waals surface area (Å²) in [5.41, 5.74) is 2.26. The number of rotatable bonds is 4. The quantitative estimate of drug-likeness (QED) is 0.523. The van der Waals surface area contributed by atoms with Crippen molar-refractivity contribution in [3.8, 4) is 0 Å². The molecule has 0 saturated carbocycles. The maximum atomic E-state index is 4.82. The average Bonchev–Trinajstić information content (AvgIpc) is 3.23. The van der Waals surface area contributed by atoms with Crippen LogP contribution in [0.15, 0.2) is 35.5 Å². The van der Waals surface area contributed by atoms with Crippen LogP contribution >= 0.6 is 0 Å². The van der Waals surface area contributed by atoms with Crippen molar-refractivity contribution in [2.75, 3.05) is 32.7 Å². The van der Waals surface area contributed by atoms with Gasteiger partial charge in [0, 0.05) is 45.0 Å². The summed E-state index contributed by atoms with van der Waals surface area (Å²) in [6.45, 7) is 10.1. The van der Waals surface area contributed by atoms with Crippen LogP contribution in [-0.4, -0.2) is 59.5 Å². The van der Waals surface area contributed by atoms with Gasteiger partial charge >= 0.3 is 0 Å². The van der Waals surface area contributed by atoms with Gasteiger partial charge in [-0.3, -0.25) is 9.88 Å². The van der Waals surface area contributed by atoms with E-state index in [1.807, 2.05) is 12.3 Å². The zero-order valence-electron chi connectivity index (χ0n) is 14.2. The minimum atomic E-state index is 0.640. The van der Waals surface area contributed by atoms with Crippen LogP contribution in [0.3, 0.4) is 0 Å². The molecular weight excluding hydrogens is 286 g/mol. The highest BCUT2D eigenvalue weighted by atomic mass is 15.3. The molecule has 1 atom stereocenters. The molecule has 0 amide bonds. The van der Waals surface area contributed by atoms with Crippen molar-refractivity contribution < 1.29 is 0 Å². The molecule has 0 aliphatic carbocycles. The van der Waals surface area contributed by atoms with Gasteiger partial charge in [0.15, 0.2) is 5.96 Å². The van der Waals surface area contributed by atoms with E-state index in [0.717, 1.165) is 44.4 Å². The third kappa shape index (κ3) is 3.91. The van der Waals surface area contributed by atoms with E-state index in [2.05, 4.69) is 52.2 Å². The predicted octanol–water partition coefficient (Wildman–Crippen LogP) is 1.80. The highest BCUT2D eigenvalue weighted by Gasteiger charge is 2.29. The Morgan fingerprint density at radius 3 is 2.96 bits per heavy atom. The lowest BCUT2D eigenvalue weighted by atomic mass is 10.2. The number of nitrogens with one attached hydrogen (secondary N) is 1. The molecule has 0 aromatic carbocycles. The van der Waals surface area contributed by atoms with Crippen LogP contribution in [0.25, 0.3) is 0 Å². The fourth-order valence-electron chi connectivity index (χ4n) is 3.28. The van der Waals surface area contributed by atoms with Gasteiger partial charge in [0.2, 0.25) is 0 Å². The molecule has 0 bridgehead atoms. The minimum Gasteiger partial charge on any atom is -0.357 e. The molecule has 0 spiro atoms. The maximum absolute atomic E-state index is 4.82. The summed E-state index contributed by atoms with van der Waals surface area (Å²) in [5.74, 6) is 1.02. The van der Waals surface area contributed by atoms with Crippen LogP contribution in [0.5, 0.6) is 0 Å². The summed E-state index contributed by atoms with van der Waals surface area (Å²) in [5, 5.41) is 3.44. The highest BCUT2D eigenvalue weighted by molar-refractivity contribution is 5.80. The van der Waals surface area contributed by atoms with Crippen LogP contribution in [0.4, 0.5) is 0 Å². The number of hydrogen-bond acceptors (Lipinski definition) is 3. The van der Waals surface area contributed by atoms with Gasteiger partial charge in [-0.05, 0) is 31.9 Å². The summed E-state index contributed by atoms with van der Waals surface area (Å²) in [6, 6.07) is 4.71. The van der Waals surface area contributed by atoms with E-state index in [1.165, 1.54) is 12.0 Å². The Balaban J connectivity index is 1.64. The Hall–Kier alpha value is -1.88. The number of nitrogens with zero attached hydrogens (tertiary/aromatic N) is 4. The second-order valence-corrected chi connectivity index (χ2v) is 6.25. The Morgan fingerprint density at radius 2 is 2.22 bits per heavy atom. The van der Waals surface area contributed by atoms with E-state index in [1.54, 1.807) is 0 Å². The lowest BCUT2D eigenvalue weighted by Crippen LogP contribution is -2.42. The first-order chi connectivity index (χ1) is 11.3. The van der Waals surface area contributed by atoms with Gasteiger partial charge < -0.3 is 10.2 Å². The van der Waals surface area contributed by atoms with E-state index >= 15 is 0 Å². The molecule has 1 fully saturated rings. The SMILES string of the molecule is CCNC(=NCc1ncccc1C)N1CCC(N2CC=CC2)C1. The van der Waals surface area contributed by atoms with Crippen molar-refractivity contribution in [3.05, 3.63) is 41.7 Å². The van der Waals surface area contributed by atoms with E-state index in [4.69, 9.17) is 4.99 Å². The molecule has 5 heteroatoms. The lowest BCUT2D eigenvalue weighted by Gasteiger charge is -2.25. The molecule has 3 rings (SSSR count). The molecule has 3 heterocycles. The van der Waals surface area contributed by atoms with Crippen LogP contribution < -0.4 is 5.32 Å². The molecule has 2 aliphatic rings. The predicted molar refractivity (Wildman–Crippen MR) is 94.5 cm³/mol. The third-order valence-corrected chi connectivity index (χ3v) is 4.66. The van der Waals surface area contributed by atoms with Gasteiger partial charge in [-0.15, -0.1) is 0 Å². The number of aromatic nitrogens is 1. The van der Waals surface area contributed by atoms with Crippen molar-refractivity contribution in [1.29, 1.82) is 0 Å². The van der Waals surface area contributed by atoms with Crippen LogP contribution in [0, 0.1) is 6.92 Å². The second kappa shape index (κ2) is 7.59. The first-order valence-electron chi connectivity index (χ1n) is 8.60. The van der Waals surface area contributed by atoms with Crippen molar-refractivity contribution >= 4 is 5.96 Å². The maximum Gasteiger partial charge on any atom is 0.194 e. The lowest BCUT2D eigenvalue weighted by molar-refractivity contribution is 0.259. The molecule has 1 saturated heterocycles. The largest absolute Gasteiger partial charge is 0.357 e. The summed E-state index contributed by atoms with van der Waals surface area (Å²) in [6.07, 6.45) is 7.60. The van der Waals surface area contributed by atoms with Gasteiger partial charge in [-0.25, -0.2) is 4.99 Å². The van der Waals surface area contributed by atoms with Crippen molar-refractivity contribution in [1.82, 2.24) is 20.1 Å². The zero-order valence-corrected chi connectivity index (χ0v) is 14.2. The Bertz CT molecular complexity index is 573. The standard InChI is InChI=1S/C18H27N5/c1-3-19-18(21-13-17-15(2)7-6-9-20-17)23-12-8-16(14-23)22-10-4-5-11-22/h4-7,9,16H,3,8,10-14H2,1-2H3,(H,19,21). The topological polar surface area (TPSA) is 43.8 Å². The van der Waals surface area contributed by atoms with E-state index < -0.39 is 0 Å². The molecule has 23 heavy (non-hydrogen) atoms. The Kier molecular flexibility index (Phi) is 5.28. The van der Waals surface area contributed by atoms with E-state index in [9.17, 15) is 0 Å². The molecule has 1 unspecified atom stereocenters. The normalized spacial score (nSPS) is 22.1. The van der Waals surface area contributed by atoms with Gasteiger partial charge in [-0.2, -0.15) is 0 Å². The Morgan fingerprint density at radius 1 is 1.39 bits per heavy atom. The van der Waals surface area contributed by atoms with Crippen molar-refractivity contribution in [2.24, 2.45) is 4.99 Å². The summed E-state index contributed by atoms with van der Waals surface area (Å²) in [4.78, 5) is 14.2. The molecule has 5 nitrogen and oxygen atoms in total. The monoisotopic (exact) mass is 313 g/mol. The molecule has 0 radical (unpaired) electrons. The van der Waals surface area contributed by atoms with E-state index in [0.29, 0.717) is 12.6 Å². The van der Waals surface area contributed by atoms with Crippen molar-refractivity contribution in [3.63, 3.8) is 0 Å². The number of hydrogen-bond donors (Lipinski definition) is 1. The first-order valence-corrected chi connectivity index (χ1v) is 8.60. The minimum absolute atomic E-state index is 0.640. The number of guanidine groups is 1. The number of aryl methyl sites for hydroxylation is 1. The van der Waals surface area contributed by atoms with Crippen LogP contribution in [0.2, 0.25) is 0 Å². The van der Waals surface area contributed by atoms with Gasteiger partial charge in [0.1, 0.15) is 0 Å². The molecule has 124 valence electrons. The zero-order chi connectivity index (χ0) is 16.1. The summed E-state index contributed by atoms with van der Waals surface area (Å²) < 4.78 is 0. The van der Waals surface area contributed by atoms with Gasteiger partial charge in [-0.1, -0.05) is 18.2 Å². The van der Waals surface area contributed by atoms with Crippen molar-refractivity contribution in [2.45, 2.75) is 32.9 Å². The van der Waals surface area contributed by atoms with Crippen LogP contribution in [-0.2, 0) is 6.54 Å². The smallest absolute Gasteiger partial charge is 0.194 e. The molecule has 2 aliphatic heterocycles. The average molecular weight is 313 g/mol. The molecule has 1 aromatic heterocycles.